The van der Waals surface area contributed by atoms with Crippen molar-refractivity contribution in [2.24, 2.45) is 0 Å². The molecule has 0 saturated carbocycles. The quantitative estimate of drug-likeness (QED) is 0.330. The second-order valence-electron chi connectivity index (χ2n) is 5.73. The zero-order valence-electron chi connectivity index (χ0n) is 15.1. The summed E-state index contributed by atoms with van der Waals surface area (Å²) in [5.41, 5.74) is 1.43. The van der Waals surface area contributed by atoms with E-state index in [2.05, 4.69) is 11.6 Å². The van der Waals surface area contributed by atoms with Gasteiger partial charge in [-0.25, -0.2) is 4.98 Å². The highest BCUT2D eigenvalue weighted by molar-refractivity contribution is 7.98. The van der Waals surface area contributed by atoms with Crippen molar-refractivity contribution in [2.45, 2.75) is 17.5 Å². The Morgan fingerprint density at radius 1 is 1.22 bits per heavy atom. The molecule has 140 valence electrons. The Hall–Kier alpha value is -2.44. The molecule has 3 rings (SSSR count). The maximum atomic E-state index is 12.9. The van der Waals surface area contributed by atoms with Gasteiger partial charge in [-0.15, -0.1) is 6.58 Å². The van der Waals surface area contributed by atoms with E-state index >= 15 is 0 Å². The van der Waals surface area contributed by atoms with Gasteiger partial charge in [-0.2, -0.15) is 0 Å². The molecule has 0 aliphatic heterocycles. The highest BCUT2D eigenvalue weighted by atomic mass is 35.5. The predicted octanol–water partition coefficient (Wildman–Crippen LogP) is 4.55. The monoisotopic (exact) mass is 402 g/mol. The smallest absolute Gasteiger partial charge is 0.262 e. The number of thioether (sulfide) groups is 1. The molecule has 0 N–H and O–H groups in total. The molecule has 0 amide bonds. The summed E-state index contributed by atoms with van der Waals surface area (Å²) in [4.78, 5) is 17.5. The van der Waals surface area contributed by atoms with Gasteiger partial charge in [0.2, 0.25) is 0 Å². The number of hydrogen-bond acceptors (Lipinski definition) is 5. The van der Waals surface area contributed by atoms with Crippen LogP contribution in [-0.2, 0) is 12.3 Å². The van der Waals surface area contributed by atoms with Crippen molar-refractivity contribution in [1.29, 1.82) is 0 Å². The second-order valence-corrected chi connectivity index (χ2v) is 7.11. The number of nitrogens with zero attached hydrogens (tertiary/aromatic N) is 2. The van der Waals surface area contributed by atoms with Crippen LogP contribution in [-0.4, -0.2) is 23.8 Å². The van der Waals surface area contributed by atoms with E-state index in [0.717, 1.165) is 17.1 Å². The van der Waals surface area contributed by atoms with Gasteiger partial charge in [0.25, 0.3) is 5.56 Å². The third kappa shape index (κ3) is 4.12. The Morgan fingerprint density at radius 3 is 2.74 bits per heavy atom. The zero-order chi connectivity index (χ0) is 19.4. The van der Waals surface area contributed by atoms with Gasteiger partial charge in [0.05, 0.1) is 25.1 Å². The van der Waals surface area contributed by atoms with Crippen molar-refractivity contribution in [3.63, 3.8) is 0 Å². The molecule has 0 aliphatic rings. The number of methoxy groups -OCH3 is 2. The van der Waals surface area contributed by atoms with Gasteiger partial charge < -0.3 is 9.47 Å². The average Bonchev–Trinajstić information content (AvgIpc) is 2.69. The predicted molar refractivity (Wildman–Crippen MR) is 110 cm³/mol. The number of aromatic nitrogens is 2. The molecule has 0 bridgehead atoms. The summed E-state index contributed by atoms with van der Waals surface area (Å²) in [5, 5.41) is 1.61. The summed E-state index contributed by atoms with van der Waals surface area (Å²) in [6, 6.07) is 10.8. The molecule has 1 aromatic heterocycles. The molecule has 0 aliphatic carbocycles. The molecule has 0 saturated heterocycles. The Kier molecular flexibility index (Phi) is 6.08. The lowest BCUT2D eigenvalue weighted by Gasteiger charge is -2.13. The van der Waals surface area contributed by atoms with Crippen LogP contribution in [0.1, 0.15) is 5.56 Å². The summed E-state index contributed by atoms with van der Waals surface area (Å²) in [5.74, 6) is 2.08. The van der Waals surface area contributed by atoms with Crippen molar-refractivity contribution < 1.29 is 9.47 Å². The van der Waals surface area contributed by atoms with E-state index in [4.69, 9.17) is 21.1 Å². The molecule has 0 spiro atoms. The van der Waals surface area contributed by atoms with E-state index in [9.17, 15) is 4.79 Å². The number of ether oxygens (including phenoxy) is 2. The second kappa shape index (κ2) is 8.50. The zero-order valence-corrected chi connectivity index (χ0v) is 16.6. The Labute approximate surface area is 166 Å². The first-order chi connectivity index (χ1) is 13.1. The first-order valence-corrected chi connectivity index (χ1v) is 9.58. The van der Waals surface area contributed by atoms with Crippen LogP contribution in [0.2, 0.25) is 5.02 Å². The van der Waals surface area contributed by atoms with E-state index in [1.54, 1.807) is 43.1 Å². The lowest BCUT2D eigenvalue weighted by Crippen LogP contribution is -2.22. The molecule has 0 radical (unpaired) electrons. The van der Waals surface area contributed by atoms with Crippen LogP contribution in [0.3, 0.4) is 0 Å². The normalized spacial score (nSPS) is 10.8. The van der Waals surface area contributed by atoms with E-state index in [1.165, 1.54) is 11.8 Å². The van der Waals surface area contributed by atoms with Crippen LogP contribution in [0.5, 0.6) is 11.5 Å². The van der Waals surface area contributed by atoms with Crippen LogP contribution >= 0.6 is 23.4 Å². The average molecular weight is 403 g/mol. The van der Waals surface area contributed by atoms with Crippen LogP contribution in [0.15, 0.2) is 59.0 Å². The lowest BCUT2D eigenvalue weighted by atomic mass is 10.2. The lowest BCUT2D eigenvalue weighted by molar-refractivity contribution is 0.400. The molecule has 0 atom stereocenters. The summed E-state index contributed by atoms with van der Waals surface area (Å²) in [6.07, 6.45) is 1.68. The molecule has 0 unspecified atom stereocenters. The number of hydrogen-bond donors (Lipinski definition) is 0. The van der Waals surface area contributed by atoms with E-state index in [0.29, 0.717) is 33.4 Å². The molecule has 5 nitrogen and oxygen atoms in total. The first kappa shape index (κ1) is 19.3. The van der Waals surface area contributed by atoms with Crippen LogP contribution < -0.4 is 15.0 Å². The fourth-order valence-corrected chi connectivity index (χ4v) is 3.87. The third-order valence-electron chi connectivity index (χ3n) is 4.04. The minimum atomic E-state index is -0.137. The van der Waals surface area contributed by atoms with Gasteiger partial charge in [0, 0.05) is 22.9 Å². The highest BCUT2D eigenvalue weighted by Gasteiger charge is 2.13. The highest BCUT2D eigenvalue weighted by Crippen LogP contribution is 2.30. The van der Waals surface area contributed by atoms with Crippen LogP contribution in [0, 0.1) is 0 Å². The fourth-order valence-electron chi connectivity index (χ4n) is 2.71. The van der Waals surface area contributed by atoms with Crippen LogP contribution in [0.25, 0.3) is 10.9 Å². The van der Waals surface area contributed by atoms with Crippen molar-refractivity contribution in [1.82, 2.24) is 9.55 Å². The minimum absolute atomic E-state index is 0.137. The number of fused-ring (bicyclic) bond motifs is 1. The molecule has 0 fully saturated rings. The van der Waals surface area contributed by atoms with E-state index < -0.39 is 0 Å². The Balaban J connectivity index is 2.02. The fraction of sp³-hybridized carbons (Fsp3) is 0.200. The van der Waals surface area contributed by atoms with Gasteiger partial charge in [0.1, 0.15) is 11.5 Å². The summed E-state index contributed by atoms with van der Waals surface area (Å²) in [6.45, 7) is 4.11. The molecular weight excluding hydrogens is 384 g/mol. The summed E-state index contributed by atoms with van der Waals surface area (Å²) in [7, 11) is 3.25. The molecule has 2 aromatic carbocycles. The van der Waals surface area contributed by atoms with Crippen LogP contribution in [0.4, 0.5) is 0 Å². The maximum Gasteiger partial charge on any atom is 0.262 e. The summed E-state index contributed by atoms with van der Waals surface area (Å²) < 4.78 is 12.3. The molecule has 7 heteroatoms. The SMILES string of the molecule is C=CCn1c(SCc2cc(OC)ccc2OC)nc2ccc(Cl)cc2c1=O. The maximum absolute atomic E-state index is 12.9. The number of halogens is 1. The van der Waals surface area contributed by atoms with Crippen molar-refractivity contribution in [3.05, 3.63) is 70.0 Å². The third-order valence-corrected chi connectivity index (χ3v) is 5.30. The number of benzene rings is 2. The Morgan fingerprint density at radius 2 is 2.04 bits per heavy atom. The van der Waals surface area contributed by atoms with Crippen molar-refractivity contribution in [2.75, 3.05) is 14.2 Å². The van der Waals surface area contributed by atoms with Crippen molar-refractivity contribution >= 4 is 34.3 Å². The number of allylic oxidation sites excluding steroid dienone is 1. The topological polar surface area (TPSA) is 53.4 Å². The molecule has 27 heavy (non-hydrogen) atoms. The van der Waals surface area contributed by atoms with Crippen molar-refractivity contribution in [3.8, 4) is 11.5 Å². The molecule has 3 aromatic rings. The van der Waals surface area contributed by atoms with Gasteiger partial charge in [-0.1, -0.05) is 29.4 Å². The van der Waals surface area contributed by atoms with Gasteiger partial charge in [-0.3, -0.25) is 9.36 Å². The van der Waals surface area contributed by atoms with Gasteiger partial charge in [0.15, 0.2) is 5.16 Å². The van der Waals surface area contributed by atoms with E-state index in [-0.39, 0.29) is 5.56 Å². The number of rotatable bonds is 7. The Bertz CT molecular complexity index is 1050. The first-order valence-electron chi connectivity index (χ1n) is 8.22. The minimum Gasteiger partial charge on any atom is -0.497 e. The standard InChI is InChI=1S/C20H19ClN2O3S/c1-4-9-23-19(24)16-11-14(21)5-7-17(16)22-20(23)27-12-13-10-15(25-2)6-8-18(13)26-3/h4-8,10-11H,1,9,12H2,2-3H3. The van der Waals surface area contributed by atoms with Gasteiger partial charge in [-0.05, 0) is 36.4 Å². The van der Waals surface area contributed by atoms with Gasteiger partial charge >= 0.3 is 0 Å². The summed E-state index contributed by atoms with van der Waals surface area (Å²) >= 11 is 7.49. The molecule has 1 heterocycles. The molecular formula is C20H19ClN2O3S. The van der Waals surface area contributed by atoms with E-state index in [1.807, 2.05) is 18.2 Å². The largest absolute Gasteiger partial charge is 0.497 e.